The molecular formula is C11H16FNO2. The molecule has 1 unspecified atom stereocenters. The highest BCUT2D eigenvalue weighted by molar-refractivity contribution is 5.43. The lowest BCUT2D eigenvalue weighted by Crippen LogP contribution is -2.06. The Kier molecular flexibility index (Phi) is 3.91. The maximum atomic E-state index is 13.5. The van der Waals surface area contributed by atoms with E-state index in [1.165, 1.54) is 13.2 Å². The molecule has 15 heavy (non-hydrogen) atoms. The first-order valence-corrected chi connectivity index (χ1v) is 4.87. The second-order valence-corrected chi connectivity index (χ2v) is 3.50. The highest BCUT2D eigenvalue weighted by Crippen LogP contribution is 2.34. The van der Waals surface area contributed by atoms with Crippen LogP contribution in [0, 0.1) is 5.82 Å². The molecule has 1 aromatic rings. The zero-order valence-corrected chi connectivity index (χ0v) is 8.96. The summed E-state index contributed by atoms with van der Waals surface area (Å²) >= 11 is 0. The highest BCUT2D eigenvalue weighted by atomic mass is 19.1. The van der Waals surface area contributed by atoms with Crippen LogP contribution in [-0.2, 0) is 0 Å². The van der Waals surface area contributed by atoms with Crippen LogP contribution < -0.4 is 10.5 Å². The van der Waals surface area contributed by atoms with Crippen LogP contribution in [0.15, 0.2) is 12.1 Å². The van der Waals surface area contributed by atoms with Gasteiger partial charge in [0.15, 0.2) is 11.5 Å². The number of hydrogen-bond donors (Lipinski definition) is 2. The van der Waals surface area contributed by atoms with Gasteiger partial charge in [0.1, 0.15) is 0 Å². The Bertz CT molecular complexity index is 342. The second kappa shape index (κ2) is 4.98. The summed E-state index contributed by atoms with van der Waals surface area (Å²) in [5.74, 6) is -0.884. The Labute approximate surface area is 88.7 Å². The molecule has 0 heterocycles. The quantitative estimate of drug-likeness (QED) is 0.804. The van der Waals surface area contributed by atoms with Crippen molar-refractivity contribution in [2.45, 2.75) is 19.3 Å². The van der Waals surface area contributed by atoms with Gasteiger partial charge in [-0.25, -0.2) is 0 Å². The van der Waals surface area contributed by atoms with E-state index in [2.05, 4.69) is 0 Å². The molecule has 1 atom stereocenters. The van der Waals surface area contributed by atoms with Gasteiger partial charge in [-0.2, -0.15) is 4.39 Å². The minimum Gasteiger partial charge on any atom is -0.505 e. The van der Waals surface area contributed by atoms with Crippen LogP contribution in [0.4, 0.5) is 4.39 Å². The second-order valence-electron chi connectivity index (χ2n) is 3.50. The smallest absolute Gasteiger partial charge is 0.206 e. The van der Waals surface area contributed by atoms with E-state index in [1.807, 2.05) is 6.92 Å². The maximum absolute atomic E-state index is 13.5. The third kappa shape index (κ3) is 2.39. The average Bonchev–Trinajstić information content (AvgIpc) is 2.22. The molecule has 0 aliphatic rings. The normalized spacial score (nSPS) is 12.5. The number of methoxy groups -OCH3 is 1. The molecule has 1 aromatic carbocycles. The number of hydrogen-bond acceptors (Lipinski definition) is 3. The molecular weight excluding hydrogens is 197 g/mol. The number of ether oxygens (including phenoxy) is 1. The van der Waals surface area contributed by atoms with E-state index in [4.69, 9.17) is 10.5 Å². The van der Waals surface area contributed by atoms with Crippen LogP contribution in [0.5, 0.6) is 11.5 Å². The van der Waals surface area contributed by atoms with E-state index >= 15 is 0 Å². The molecule has 84 valence electrons. The fourth-order valence-corrected chi connectivity index (χ4v) is 1.56. The lowest BCUT2D eigenvalue weighted by Gasteiger charge is -2.15. The molecule has 3 nitrogen and oxygen atoms in total. The van der Waals surface area contributed by atoms with Crippen LogP contribution >= 0.6 is 0 Å². The zero-order chi connectivity index (χ0) is 11.4. The molecule has 0 bridgehead atoms. The topological polar surface area (TPSA) is 55.5 Å². The molecule has 4 heteroatoms. The van der Waals surface area contributed by atoms with E-state index in [-0.39, 0.29) is 11.7 Å². The Morgan fingerprint density at radius 1 is 1.53 bits per heavy atom. The molecule has 1 rings (SSSR count). The summed E-state index contributed by atoms with van der Waals surface area (Å²) in [6.07, 6.45) is 0.751. The highest BCUT2D eigenvalue weighted by Gasteiger charge is 2.17. The Morgan fingerprint density at radius 2 is 2.20 bits per heavy atom. The fourth-order valence-electron chi connectivity index (χ4n) is 1.56. The first kappa shape index (κ1) is 11.8. The zero-order valence-electron chi connectivity index (χ0n) is 8.96. The number of aromatic hydroxyl groups is 1. The predicted molar refractivity (Wildman–Crippen MR) is 56.7 cm³/mol. The summed E-state index contributed by atoms with van der Waals surface area (Å²) in [7, 11) is 1.39. The van der Waals surface area contributed by atoms with Crippen molar-refractivity contribution >= 4 is 0 Å². The minimum absolute atomic E-state index is 0.107. The summed E-state index contributed by atoms with van der Waals surface area (Å²) in [6, 6.07) is 3.00. The SMILES string of the molecule is COc1c(C(C)CCN)ccc(O)c1F. The van der Waals surface area contributed by atoms with Gasteiger partial charge in [-0.1, -0.05) is 13.0 Å². The fraction of sp³-hybridized carbons (Fsp3) is 0.455. The van der Waals surface area contributed by atoms with Crippen molar-refractivity contribution in [1.29, 1.82) is 0 Å². The van der Waals surface area contributed by atoms with Gasteiger partial charge in [-0.3, -0.25) is 0 Å². The van der Waals surface area contributed by atoms with Crippen molar-refractivity contribution < 1.29 is 14.2 Å². The summed E-state index contributed by atoms with van der Waals surface area (Å²) in [5.41, 5.74) is 6.18. The summed E-state index contributed by atoms with van der Waals surface area (Å²) < 4.78 is 18.4. The molecule has 0 saturated carbocycles. The van der Waals surface area contributed by atoms with E-state index < -0.39 is 11.6 Å². The third-order valence-electron chi connectivity index (χ3n) is 2.44. The van der Waals surface area contributed by atoms with Gasteiger partial charge in [0.2, 0.25) is 5.82 Å². The summed E-state index contributed by atoms with van der Waals surface area (Å²) in [4.78, 5) is 0. The van der Waals surface area contributed by atoms with Gasteiger partial charge in [0.25, 0.3) is 0 Å². The number of rotatable bonds is 4. The number of benzene rings is 1. The molecule has 0 aliphatic heterocycles. The lowest BCUT2D eigenvalue weighted by molar-refractivity contribution is 0.357. The van der Waals surface area contributed by atoms with E-state index in [0.717, 1.165) is 12.0 Å². The van der Waals surface area contributed by atoms with Crippen molar-refractivity contribution in [2.24, 2.45) is 5.73 Å². The molecule has 0 aliphatic carbocycles. The molecule has 0 amide bonds. The first-order valence-electron chi connectivity index (χ1n) is 4.87. The van der Waals surface area contributed by atoms with Crippen LogP contribution in [-0.4, -0.2) is 18.8 Å². The molecule has 3 N–H and O–H groups in total. The van der Waals surface area contributed by atoms with Crippen LogP contribution in [0.1, 0.15) is 24.8 Å². The third-order valence-corrected chi connectivity index (χ3v) is 2.44. The number of halogens is 1. The Morgan fingerprint density at radius 3 is 2.73 bits per heavy atom. The number of phenols is 1. The van der Waals surface area contributed by atoms with Crippen molar-refractivity contribution in [3.05, 3.63) is 23.5 Å². The molecule has 0 radical (unpaired) electrons. The van der Waals surface area contributed by atoms with Gasteiger partial charge >= 0.3 is 0 Å². The molecule has 0 saturated heterocycles. The van der Waals surface area contributed by atoms with Crippen molar-refractivity contribution in [1.82, 2.24) is 0 Å². The van der Waals surface area contributed by atoms with Gasteiger partial charge in [-0.15, -0.1) is 0 Å². The van der Waals surface area contributed by atoms with E-state index in [1.54, 1.807) is 6.07 Å². The summed E-state index contributed by atoms with van der Waals surface area (Å²) in [5, 5.41) is 9.19. The van der Waals surface area contributed by atoms with Crippen LogP contribution in [0.3, 0.4) is 0 Å². The molecule has 0 spiro atoms. The standard InChI is InChI=1S/C11H16FNO2/c1-7(5-6-13)8-3-4-9(14)10(12)11(8)15-2/h3-4,7,14H,5-6,13H2,1-2H3. The van der Waals surface area contributed by atoms with Gasteiger partial charge in [-0.05, 0) is 24.9 Å². The van der Waals surface area contributed by atoms with E-state index in [9.17, 15) is 9.50 Å². The predicted octanol–water partition coefficient (Wildman–Crippen LogP) is 1.99. The largest absolute Gasteiger partial charge is 0.505 e. The molecule has 0 fully saturated rings. The first-order chi connectivity index (χ1) is 7.11. The van der Waals surface area contributed by atoms with Gasteiger partial charge in [0, 0.05) is 5.56 Å². The molecule has 0 aromatic heterocycles. The van der Waals surface area contributed by atoms with Gasteiger partial charge in [0.05, 0.1) is 7.11 Å². The van der Waals surface area contributed by atoms with Crippen LogP contribution in [0.2, 0.25) is 0 Å². The van der Waals surface area contributed by atoms with Crippen molar-refractivity contribution in [3.63, 3.8) is 0 Å². The lowest BCUT2D eigenvalue weighted by atomic mass is 9.96. The van der Waals surface area contributed by atoms with Crippen LogP contribution in [0.25, 0.3) is 0 Å². The monoisotopic (exact) mass is 213 g/mol. The Hall–Kier alpha value is -1.29. The number of nitrogens with two attached hydrogens (primary N) is 1. The maximum Gasteiger partial charge on any atom is 0.206 e. The summed E-state index contributed by atoms with van der Waals surface area (Å²) in [6.45, 7) is 2.48. The van der Waals surface area contributed by atoms with Crippen molar-refractivity contribution in [2.75, 3.05) is 13.7 Å². The van der Waals surface area contributed by atoms with Gasteiger partial charge < -0.3 is 15.6 Å². The van der Waals surface area contributed by atoms with Crippen molar-refractivity contribution in [3.8, 4) is 11.5 Å². The minimum atomic E-state index is -0.709. The average molecular weight is 213 g/mol. The Balaban J connectivity index is 3.12. The van der Waals surface area contributed by atoms with E-state index in [0.29, 0.717) is 6.54 Å². The number of phenolic OH excluding ortho intramolecular Hbond substituents is 1.